The lowest BCUT2D eigenvalue weighted by atomic mass is 10.3. The molecule has 0 aliphatic carbocycles. The molecule has 1 aliphatic rings. The Kier molecular flexibility index (Phi) is 1.83. The van der Waals surface area contributed by atoms with Gasteiger partial charge in [0, 0.05) is 0 Å². The van der Waals surface area contributed by atoms with Crippen molar-refractivity contribution in [3.63, 3.8) is 0 Å². The SMILES string of the molecule is OC1C=C(F)C(Cl)=NC1. The minimum Gasteiger partial charge on any atom is -0.387 e. The van der Waals surface area contributed by atoms with Crippen molar-refractivity contribution < 1.29 is 9.50 Å². The molecule has 0 saturated heterocycles. The van der Waals surface area contributed by atoms with E-state index in [-0.39, 0.29) is 11.7 Å². The predicted octanol–water partition coefficient (Wildman–Crippen LogP) is 0.852. The second-order valence-electron chi connectivity index (χ2n) is 1.71. The van der Waals surface area contributed by atoms with Gasteiger partial charge in [-0.05, 0) is 6.08 Å². The van der Waals surface area contributed by atoms with Crippen LogP contribution < -0.4 is 0 Å². The fraction of sp³-hybridized carbons (Fsp3) is 0.400. The van der Waals surface area contributed by atoms with Crippen LogP contribution in [0, 0.1) is 0 Å². The van der Waals surface area contributed by atoms with Gasteiger partial charge in [0.1, 0.15) is 0 Å². The molecule has 9 heavy (non-hydrogen) atoms. The molecule has 1 N–H and O–H groups in total. The Labute approximate surface area is 56.7 Å². The number of nitrogens with zero attached hydrogens (tertiary/aromatic N) is 1. The molecule has 0 radical (unpaired) electrons. The van der Waals surface area contributed by atoms with E-state index < -0.39 is 11.9 Å². The lowest BCUT2D eigenvalue weighted by Gasteiger charge is -2.06. The van der Waals surface area contributed by atoms with Crippen LogP contribution in [-0.4, -0.2) is 22.9 Å². The summed E-state index contributed by atoms with van der Waals surface area (Å²) >= 11 is 5.23. The molecule has 0 spiro atoms. The van der Waals surface area contributed by atoms with Gasteiger partial charge in [0.2, 0.25) is 0 Å². The standard InChI is InChI=1S/C5H5ClFNO/c6-5-4(7)1-3(9)2-8-5/h1,3,9H,2H2. The highest BCUT2D eigenvalue weighted by atomic mass is 35.5. The maximum atomic E-state index is 12.3. The summed E-state index contributed by atoms with van der Waals surface area (Å²) in [7, 11) is 0. The van der Waals surface area contributed by atoms with Crippen LogP contribution >= 0.6 is 11.6 Å². The molecule has 1 rings (SSSR count). The second-order valence-corrected chi connectivity index (χ2v) is 2.07. The highest BCUT2D eigenvalue weighted by molar-refractivity contribution is 6.69. The van der Waals surface area contributed by atoms with E-state index in [0.29, 0.717) is 0 Å². The zero-order chi connectivity index (χ0) is 6.85. The number of aliphatic hydroxyl groups is 1. The molecule has 0 bridgehead atoms. The molecule has 1 aliphatic heterocycles. The lowest BCUT2D eigenvalue weighted by Crippen LogP contribution is -2.14. The second kappa shape index (κ2) is 2.45. The largest absolute Gasteiger partial charge is 0.387 e. The van der Waals surface area contributed by atoms with Gasteiger partial charge in [0.05, 0.1) is 12.6 Å². The number of halogens is 2. The summed E-state index contributed by atoms with van der Waals surface area (Å²) in [5, 5.41) is 8.56. The molecular formula is C5H5ClFNO. The van der Waals surface area contributed by atoms with Crippen LogP contribution in [0.2, 0.25) is 0 Å². The maximum absolute atomic E-state index is 12.3. The Balaban J connectivity index is 2.75. The predicted molar refractivity (Wildman–Crippen MR) is 33.4 cm³/mol. The van der Waals surface area contributed by atoms with Gasteiger partial charge in [0.25, 0.3) is 0 Å². The highest BCUT2D eigenvalue weighted by Crippen LogP contribution is 2.11. The van der Waals surface area contributed by atoms with Crippen LogP contribution in [0.5, 0.6) is 0 Å². The average molecular weight is 150 g/mol. The van der Waals surface area contributed by atoms with E-state index >= 15 is 0 Å². The van der Waals surface area contributed by atoms with E-state index in [1.54, 1.807) is 0 Å². The molecule has 50 valence electrons. The lowest BCUT2D eigenvalue weighted by molar-refractivity contribution is 0.228. The van der Waals surface area contributed by atoms with Crippen molar-refractivity contribution in [2.75, 3.05) is 6.54 Å². The molecular weight excluding hydrogens is 145 g/mol. The first-order valence-electron chi connectivity index (χ1n) is 2.46. The molecule has 0 fully saturated rings. The summed E-state index contributed by atoms with van der Waals surface area (Å²) < 4.78 is 12.3. The number of aliphatic hydroxyl groups excluding tert-OH is 1. The minimum atomic E-state index is -0.813. The monoisotopic (exact) mass is 149 g/mol. The third-order valence-corrected chi connectivity index (χ3v) is 1.25. The quantitative estimate of drug-likeness (QED) is 0.544. The number of aliphatic imine (C=N–C) groups is 1. The summed E-state index contributed by atoms with van der Waals surface area (Å²) in [6.07, 6.45) is 0.225. The van der Waals surface area contributed by atoms with E-state index in [2.05, 4.69) is 4.99 Å². The van der Waals surface area contributed by atoms with Crippen LogP contribution in [0.1, 0.15) is 0 Å². The van der Waals surface area contributed by atoms with Gasteiger partial charge in [-0.15, -0.1) is 0 Å². The van der Waals surface area contributed by atoms with Crippen LogP contribution in [0.15, 0.2) is 16.9 Å². The van der Waals surface area contributed by atoms with Crippen LogP contribution in [-0.2, 0) is 0 Å². The molecule has 4 heteroatoms. The van der Waals surface area contributed by atoms with E-state index in [1.807, 2.05) is 0 Å². The first-order valence-corrected chi connectivity index (χ1v) is 2.83. The van der Waals surface area contributed by atoms with Crippen LogP contribution in [0.4, 0.5) is 4.39 Å². The number of dihydropyridines is 1. The smallest absolute Gasteiger partial charge is 0.159 e. The van der Waals surface area contributed by atoms with Gasteiger partial charge >= 0.3 is 0 Å². The molecule has 0 amide bonds. The highest BCUT2D eigenvalue weighted by Gasteiger charge is 2.11. The summed E-state index contributed by atoms with van der Waals surface area (Å²) in [5.74, 6) is -0.643. The molecule has 0 aromatic rings. The molecule has 2 nitrogen and oxygen atoms in total. The van der Waals surface area contributed by atoms with Crippen molar-refractivity contribution >= 4 is 16.8 Å². The molecule has 1 heterocycles. The first kappa shape index (κ1) is 6.71. The van der Waals surface area contributed by atoms with Crippen molar-refractivity contribution in [1.82, 2.24) is 0 Å². The Bertz CT molecular complexity index is 178. The Morgan fingerprint density at radius 2 is 2.56 bits per heavy atom. The van der Waals surface area contributed by atoms with E-state index in [1.165, 1.54) is 0 Å². The number of rotatable bonds is 0. The zero-order valence-electron chi connectivity index (χ0n) is 4.51. The van der Waals surface area contributed by atoms with Crippen molar-refractivity contribution in [2.24, 2.45) is 4.99 Å². The van der Waals surface area contributed by atoms with Crippen molar-refractivity contribution in [3.05, 3.63) is 11.9 Å². The summed E-state index contributed by atoms with van der Waals surface area (Å²) in [5.41, 5.74) is 0. The zero-order valence-corrected chi connectivity index (χ0v) is 5.27. The van der Waals surface area contributed by atoms with E-state index in [4.69, 9.17) is 16.7 Å². The van der Waals surface area contributed by atoms with Crippen molar-refractivity contribution in [1.29, 1.82) is 0 Å². The molecule has 0 aromatic carbocycles. The van der Waals surface area contributed by atoms with Crippen molar-refractivity contribution in [3.8, 4) is 0 Å². The topological polar surface area (TPSA) is 32.6 Å². The summed E-state index contributed by atoms with van der Waals surface area (Å²) in [6, 6.07) is 0. The number of hydrogen-bond acceptors (Lipinski definition) is 2. The minimum absolute atomic E-state index is 0.152. The van der Waals surface area contributed by atoms with Crippen LogP contribution in [0.3, 0.4) is 0 Å². The Hall–Kier alpha value is -0.410. The molecule has 1 atom stereocenters. The Morgan fingerprint density at radius 3 is 3.00 bits per heavy atom. The van der Waals surface area contributed by atoms with Gasteiger partial charge in [-0.3, -0.25) is 4.99 Å². The molecule has 1 unspecified atom stereocenters. The van der Waals surface area contributed by atoms with Crippen LogP contribution in [0.25, 0.3) is 0 Å². The van der Waals surface area contributed by atoms with E-state index in [0.717, 1.165) is 6.08 Å². The Morgan fingerprint density at radius 1 is 1.89 bits per heavy atom. The van der Waals surface area contributed by atoms with Gasteiger partial charge < -0.3 is 5.11 Å². The van der Waals surface area contributed by atoms with Gasteiger partial charge in [-0.1, -0.05) is 11.6 Å². The fourth-order valence-electron chi connectivity index (χ4n) is 0.540. The van der Waals surface area contributed by atoms with Gasteiger partial charge in [0.15, 0.2) is 11.0 Å². The summed E-state index contributed by atoms with van der Waals surface area (Å²) in [4.78, 5) is 3.48. The fourth-order valence-corrected chi connectivity index (χ4v) is 0.672. The third-order valence-electron chi connectivity index (χ3n) is 0.953. The average Bonchev–Trinajstić information content (AvgIpc) is 1.80. The third kappa shape index (κ3) is 1.50. The molecule has 0 saturated carbocycles. The van der Waals surface area contributed by atoms with Crippen molar-refractivity contribution in [2.45, 2.75) is 6.10 Å². The first-order chi connectivity index (χ1) is 4.20. The summed E-state index contributed by atoms with van der Waals surface area (Å²) in [6.45, 7) is 0.159. The normalized spacial score (nSPS) is 27.2. The number of allylic oxidation sites excluding steroid dienone is 1. The number of hydrogen-bond donors (Lipinski definition) is 1. The molecule has 0 aromatic heterocycles. The van der Waals surface area contributed by atoms with Gasteiger partial charge in [-0.25, -0.2) is 4.39 Å². The van der Waals surface area contributed by atoms with E-state index in [9.17, 15) is 4.39 Å². The van der Waals surface area contributed by atoms with Gasteiger partial charge in [-0.2, -0.15) is 0 Å². The maximum Gasteiger partial charge on any atom is 0.159 e.